The second-order valence-electron chi connectivity index (χ2n) is 5.43. The Hall–Kier alpha value is -1.58. The van der Waals surface area contributed by atoms with Gasteiger partial charge in [-0.2, -0.15) is 0 Å². The molecule has 0 radical (unpaired) electrons. The summed E-state index contributed by atoms with van der Waals surface area (Å²) < 4.78 is 13.6. The molecule has 0 saturated heterocycles. The van der Waals surface area contributed by atoms with Crippen LogP contribution >= 0.6 is 0 Å². The summed E-state index contributed by atoms with van der Waals surface area (Å²) in [5.74, 6) is 0.0950. The highest BCUT2D eigenvalue weighted by Crippen LogP contribution is 2.12. The normalized spacial score (nSPS) is 12.8. The van der Waals surface area contributed by atoms with Crippen LogP contribution in [-0.4, -0.2) is 19.0 Å². The number of carbonyl (C=O) groups is 1. The monoisotopic (exact) mass is 282 g/mol. The van der Waals surface area contributed by atoms with Crippen LogP contribution in [0.1, 0.15) is 40.5 Å². The number of hydrogen-bond acceptors (Lipinski definition) is 2. The maximum atomic E-state index is 13.6. The van der Waals surface area contributed by atoms with E-state index in [-0.39, 0.29) is 17.8 Å². The van der Waals surface area contributed by atoms with Gasteiger partial charge in [-0.25, -0.2) is 4.39 Å². The van der Waals surface area contributed by atoms with Crippen molar-refractivity contribution in [2.24, 2.45) is 5.92 Å². The first-order valence-electron chi connectivity index (χ1n) is 6.97. The quantitative estimate of drug-likeness (QED) is 0.669. The second kappa shape index (κ2) is 9.34. The van der Waals surface area contributed by atoms with E-state index < -0.39 is 0 Å². The van der Waals surface area contributed by atoms with Crippen LogP contribution in [0.25, 0.3) is 0 Å². The molecule has 0 aliphatic heterocycles. The number of carbonyl (C=O) groups excluding carboxylic acids is 1. The van der Waals surface area contributed by atoms with E-state index in [1.165, 1.54) is 12.2 Å². The molecular formula is C16H27FN2O. The predicted octanol–water partition coefficient (Wildman–Crippen LogP) is 3.46. The standard InChI is InChI=1S/C16H27FN2O/c1-7-13(10-14(17)12(4)5)19-15(16(20)18-6)9-8-11(2)3/h7,10-11,15,19H,1,8-9H2,2-6H3,(H,18,20)/b13-10+. The molecule has 0 aliphatic rings. The van der Waals surface area contributed by atoms with Crippen molar-refractivity contribution in [3.05, 3.63) is 35.8 Å². The summed E-state index contributed by atoms with van der Waals surface area (Å²) in [5.41, 5.74) is 1.10. The van der Waals surface area contributed by atoms with E-state index in [1.54, 1.807) is 20.9 Å². The van der Waals surface area contributed by atoms with Crippen LogP contribution in [0.4, 0.5) is 4.39 Å². The van der Waals surface area contributed by atoms with E-state index in [0.29, 0.717) is 23.6 Å². The molecule has 0 heterocycles. The van der Waals surface area contributed by atoms with Crippen LogP contribution in [0.5, 0.6) is 0 Å². The third-order valence-corrected chi connectivity index (χ3v) is 2.92. The minimum absolute atomic E-state index is 0.101. The van der Waals surface area contributed by atoms with E-state index in [9.17, 15) is 9.18 Å². The molecule has 0 spiro atoms. The first-order chi connectivity index (χ1) is 9.31. The van der Waals surface area contributed by atoms with Gasteiger partial charge in [-0.05, 0) is 50.3 Å². The van der Waals surface area contributed by atoms with E-state index in [0.717, 1.165) is 6.42 Å². The van der Waals surface area contributed by atoms with Gasteiger partial charge in [0.1, 0.15) is 11.9 Å². The summed E-state index contributed by atoms with van der Waals surface area (Å²) in [5, 5.41) is 5.68. The average molecular weight is 282 g/mol. The SMILES string of the molecule is C=C/C(=C\C(F)=C(C)C)NC(CCC(C)C)C(=O)NC. The topological polar surface area (TPSA) is 41.1 Å². The summed E-state index contributed by atoms with van der Waals surface area (Å²) in [6.07, 6.45) is 4.50. The lowest BCUT2D eigenvalue weighted by atomic mass is 10.0. The molecule has 0 aliphatic carbocycles. The number of allylic oxidation sites excluding steroid dienone is 4. The number of halogens is 1. The van der Waals surface area contributed by atoms with Gasteiger partial charge in [0.15, 0.2) is 0 Å². The molecule has 1 amide bonds. The summed E-state index contributed by atoms with van der Waals surface area (Å²) in [7, 11) is 1.60. The Labute approximate surface area is 122 Å². The lowest BCUT2D eigenvalue weighted by molar-refractivity contribution is -0.122. The molecule has 0 aromatic carbocycles. The molecule has 0 aromatic rings. The van der Waals surface area contributed by atoms with E-state index in [4.69, 9.17) is 0 Å². The van der Waals surface area contributed by atoms with Gasteiger partial charge >= 0.3 is 0 Å². The third-order valence-electron chi connectivity index (χ3n) is 2.92. The zero-order valence-electron chi connectivity index (χ0n) is 13.2. The molecule has 0 rings (SSSR count). The Kier molecular flexibility index (Phi) is 8.61. The Morgan fingerprint density at radius 3 is 2.30 bits per heavy atom. The Morgan fingerprint density at radius 2 is 1.90 bits per heavy atom. The van der Waals surface area contributed by atoms with Crippen molar-refractivity contribution in [3.8, 4) is 0 Å². The summed E-state index contributed by atoms with van der Waals surface area (Å²) >= 11 is 0. The van der Waals surface area contributed by atoms with Gasteiger partial charge in [0.2, 0.25) is 5.91 Å². The molecule has 0 bridgehead atoms. The third kappa shape index (κ3) is 7.12. The number of likely N-dealkylation sites (N-methyl/N-ethyl adjacent to an activating group) is 1. The number of rotatable bonds is 8. The summed E-state index contributed by atoms with van der Waals surface area (Å²) in [6, 6.07) is -0.378. The molecule has 3 nitrogen and oxygen atoms in total. The molecule has 1 atom stereocenters. The maximum absolute atomic E-state index is 13.6. The van der Waals surface area contributed by atoms with Crippen LogP contribution in [0.3, 0.4) is 0 Å². The van der Waals surface area contributed by atoms with Crippen LogP contribution in [0.15, 0.2) is 35.8 Å². The van der Waals surface area contributed by atoms with Crippen molar-refractivity contribution in [1.82, 2.24) is 10.6 Å². The van der Waals surface area contributed by atoms with Gasteiger partial charge < -0.3 is 10.6 Å². The van der Waals surface area contributed by atoms with E-state index >= 15 is 0 Å². The van der Waals surface area contributed by atoms with Crippen molar-refractivity contribution >= 4 is 5.91 Å². The van der Waals surface area contributed by atoms with Gasteiger partial charge in [-0.3, -0.25) is 4.79 Å². The zero-order chi connectivity index (χ0) is 15.7. The van der Waals surface area contributed by atoms with Gasteiger partial charge in [0, 0.05) is 12.7 Å². The lowest BCUT2D eigenvalue weighted by Crippen LogP contribution is -2.42. The minimum atomic E-state index is -0.378. The fourth-order valence-corrected chi connectivity index (χ4v) is 1.58. The Morgan fingerprint density at radius 1 is 1.30 bits per heavy atom. The highest BCUT2D eigenvalue weighted by atomic mass is 19.1. The van der Waals surface area contributed by atoms with Crippen molar-refractivity contribution in [2.75, 3.05) is 7.05 Å². The lowest BCUT2D eigenvalue weighted by Gasteiger charge is -2.20. The summed E-state index contributed by atoms with van der Waals surface area (Å²) in [4.78, 5) is 11.9. The molecule has 0 saturated carbocycles. The molecule has 114 valence electrons. The highest BCUT2D eigenvalue weighted by Gasteiger charge is 2.17. The van der Waals surface area contributed by atoms with Gasteiger partial charge in [-0.1, -0.05) is 20.4 Å². The van der Waals surface area contributed by atoms with Crippen molar-refractivity contribution in [3.63, 3.8) is 0 Å². The van der Waals surface area contributed by atoms with Crippen molar-refractivity contribution < 1.29 is 9.18 Å². The molecule has 2 N–H and O–H groups in total. The van der Waals surface area contributed by atoms with Gasteiger partial charge in [-0.15, -0.1) is 0 Å². The fourth-order valence-electron chi connectivity index (χ4n) is 1.58. The molecular weight excluding hydrogens is 255 g/mol. The first kappa shape index (κ1) is 18.4. The molecule has 0 fully saturated rings. The maximum Gasteiger partial charge on any atom is 0.242 e. The van der Waals surface area contributed by atoms with Crippen LogP contribution in [0, 0.1) is 5.92 Å². The van der Waals surface area contributed by atoms with Crippen LogP contribution in [-0.2, 0) is 4.79 Å². The van der Waals surface area contributed by atoms with E-state index in [2.05, 4.69) is 31.1 Å². The van der Waals surface area contributed by atoms with Crippen LogP contribution in [0.2, 0.25) is 0 Å². The number of hydrogen-bond donors (Lipinski definition) is 2. The smallest absolute Gasteiger partial charge is 0.242 e. The molecule has 4 heteroatoms. The largest absolute Gasteiger partial charge is 0.374 e. The molecule has 1 unspecified atom stereocenters. The van der Waals surface area contributed by atoms with Gasteiger partial charge in [0.05, 0.1) is 0 Å². The Balaban J connectivity index is 4.97. The molecule has 20 heavy (non-hydrogen) atoms. The highest BCUT2D eigenvalue weighted by molar-refractivity contribution is 5.81. The minimum Gasteiger partial charge on any atom is -0.374 e. The van der Waals surface area contributed by atoms with Crippen molar-refractivity contribution in [2.45, 2.75) is 46.6 Å². The zero-order valence-corrected chi connectivity index (χ0v) is 13.2. The van der Waals surface area contributed by atoms with Gasteiger partial charge in [0.25, 0.3) is 0 Å². The number of nitrogens with one attached hydrogen (secondary N) is 2. The van der Waals surface area contributed by atoms with E-state index in [1.807, 2.05) is 0 Å². The Bertz CT molecular complexity index is 393. The molecule has 0 aromatic heterocycles. The number of amides is 1. The average Bonchev–Trinajstić information content (AvgIpc) is 2.40. The summed E-state index contributed by atoms with van der Waals surface area (Å²) in [6.45, 7) is 11.3. The van der Waals surface area contributed by atoms with Crippen LogP contribution < -0.4 is 10.6 Å². The first-order valence-corrected chi connectivity index (χ1v) is 6.97. The fraction of sp³-hybridized carbons (Fsp3) is 0.562. The second-order valence-corrected chi connectivity index (χ2v) is 5.43. The van der Waals surface area contributed by atoms with Crippen molar-refractivity contribution in [1.29, 1.82) is 0 Å². The predicted molar refractivity (Wildman–Crippen MR) is 82.8 cm³/mol.